The van der Waals surface area contributed by atoms with Crippen LogP contribution in [0, 0.1) is 5.82 Å². The number of carboxylic acids is 1. The molecular formula is C17H23FN2O4. The summed E-state index contributed by atoms with van der Waals surface area (Å²) in [4.78, 5) is 22.6. The summed E-state index contributed by atoms with van der Waals surface area (Å²) in [6.45, 7) is 1.37. The van der Waals surface area contributed by atoms with E-state index in [0.29, 0.717) is 45.4 Å². The normalized spacial score (nSPS) is 16.4. The van der Waals surface area contributed by atoms with Gasteiger partial charge in [-0.3, -0.25) is 4.79 Å². The molecule has 1 aliphatic heterocycles. The van der Waals surface area contributed by atoms with E-state index >= 15 is 0 Å². The van der Waals surface area contributed by atoms with Crippen LogP contribution in [-0.2, 0) is 16.0 Å². The first kappa shape index (κ1) is 18.2. The molecule has 0 saturated carbocycles. The zero-order valence-electron chi connectivity index (χ0n) is 13.5. The molecule has 0 bridgehead atoms. The van der Waals surface area contributed by atoms with Crippen molar-refractivity contribution in [2.45, 2.75) is 37.6 Å². The van der Waals surface area contributed by atoms with E-state index in [9.17, 15) is 14.0 Å². The van der Waals surface area contributed by atoms with Crippen molar-refractivity contribution in [2.24, 2.45) is 0 Å². The molecule has 1 heterocycles. The second kappa shape index (κ2) is 8.63. The Morgan fingerprint density at radius 2 is 2.04 bits per heavy atom. The minimum atomic E-state index is -0.885. The van der Waals surface area contributed by atoms with Crippen LogP contribution in [0.2, 0.25) is 0 Å². The SMILES string of the molecule is O=C(O)CCCNC(=O)NC1(Cc2cccc(F)c2)CCOCC1. The minimum absolute atomic E-state index is 0.0164. The molecule has 1 aromatic carbocycles. The lowest BCUT2D eigenvalue weighted by Crippen LogP contribution is -2.56. The fourth-order valence-electron chi connectivity index (χ4n) is 2.87. The monoisotopic (exact) mass is 338 g/mol. The number of carboxylic acid groups (broad SMARTS) is 1. The number of aliphatic carboxylic acids is 1. The number of ether oxygens (including phenoxy) is 1. The summed E-state index contributed by atoms with van der Waals surface area (Å²) in [6, 6.07) is 6.03. The van der Waals surface area contributed by atoms with Crippen molar-refractivity contribution in [3.63, 3.8) is 0 Å². The average molecular weight is 338 g/mol. The van der Waals surface area contributed by atoms with Crippen LogP contribution in [0.5, 0.6) is 0 Å². The van der Waals surface area contributed by atoms with E-state index in [2.05, 4.69) is 10.6 Å². The van der Waals surface area contributed by atoms with Crippen molar-refractivity contribution in [3.8, 4) is 0 Å². The highest BCUT2D eigenvalue weighted by molar-refractivity contribution is 5.75. The van der Waals surface area contributed by atoms with Crippen LogP contribution in [0.3, 0.4) is 0 Å². The van der Waals surface area contributed by atoms with E-state index in [1.807, 2.05) is 6.07 Å². The molecule has 7 heteroatoms. The van der Waals surface area contributed by atoms with Gasteiger partial charge in [-0.25, -0.2) is 9.18 Å². The molecule has 0 aromatic heterocycles. The lowest BCUT2D eigenvalue weighted by molar-refractivity contribution is -0.137. The van der Waals surface area contributed by atoms with E-state index < -0.39 is 11.5 Å². The Morgan fingerprint density at radius 1 is 1.29 bits per heavy atom. The molecule has 1 fully saturated rings. The minimum Gasteiger partial charge on any atom is -0.481 e. The Bertz CT molecular complexity index is 573. The maximum absolute atomic E-state index is 13.4. The van der Waals surface area contributed by atoms with Gasteiger partial charge in [0.1, 0.15) is 5.82 Å². The molecule has 2 amide bonds. The van der Waals surface area contributed by atoms with Gasteiger partial charge in [0.2, 0.25) is 0 Å². The van der Waals surface area contributed by atoms with Crippen LogP contribution in [0.1, 0.15) is 31.2 Å². The topological polar surface area (TPSA) is 87.7 Å². The van der Waals surface area contributed by atoms with Crippen molar-refractivity contribution in [1.29, 1.82) is 0 Å². The van der Waals surface area contributed by atoms with E-state index in [1.165, 1.54) is 12.1 Å². The standard InChI is InChI=1S/C17H23FN2O4/c18-14-4-1-3-13(11-14)12-17(6-9-24-10-7-17)20-16(23)19-8-2-5-15(21)22/h1,3-4,11H,2,5-10,12H2,(H,21,22)(H2,19,20,23). The Labute approximate surface area is 140 Å². The molecule has 1 saturated heterocycles. The highest BCUT2D eigenvalue weighted by atomic mass is 19.1. The number of benzene rings is 1. The van der Waals surface area contributed by atoms with Crippen molar-refractivity contribution in [2.75, 3.05) is 19.8 Å². The zero-order valence-corrected chi connectivity index (χ0v) is 13.5. The second-order valence-corrected chi connectivity index (χ2v) is 6.08. The van der Waals surface area contributed by atoms with Crippen LogP contribution >= 0.6 is 0 Å². The Kier molecular flexibility index (Phi) is 6.54. The van der Waals surface area contributed by atoms with E-state index in [0.717, 1.165) is 5.56 Å². The van der Waals surface area contributed by atoms with Crippen LogP contribution in [0.4, 0.5) is 9.18 Å². The smallest absolute Gasteiger partial charge is 0.315 e. The van der Waals surface area contributed by atoms with Crippen LogP contribution in [0.15, 0.2) is 24.3 Å². The third kappa shape index (κ3) is 5.81. The average Bonchev–Trinajstić information content (AvgIpc) is 2.52. The maximum atomic E-state index is 13.4. The number of urea groups is 1. The van der Waals surface area contributed by atoms with Crippen molar-refractivity contribution in [3.05, 3.63) is 35.6 Å². The van der Waals surface area contributed by atoms with Gasteiger partial charge in [0.25, 0.3) is 0 Å². The summed E-state index contributed by atoms with van der Waals surface area (Å²) in [5.41, 5.74) is 0.339. The fraction of sp³-hybridized carbons (Fsp3) is 0.529. The van der Waals surface area contributed by atoms with Crippen LogP contribution in [-0.4, -0.2) is 42.4 Å². The van der Waals surface area contributed by atoms with Crippen molar-refractivity contribution < 1.29 is 23.8 Å². The largest absolute Gasteiger partial charge is 0.481 e. The van der Waals surface area contributed by atoms with E-state index in [1.54, 1.807) is 6.07 Å². The van der Waals surface area contributed by atoms with Gasteiger partial charge in [0.15, 0.2) is 0 Å². The predicted molar refractivity (Wildman–Crippen MR) is 86.3 cm³/mol. The molecule has 3 N–H and O–H groups in total. The summed E-state index contributed by atoms with van der Waals surface area (Å²) in [7, 11) is 0. The number of amides is 2. The Morgan fingerprint density at radius 3 is 2.71 bits per heavy atom. The van der Waals surface area contributed by atoms with Gasteiger partial charge >= 0.3 is 12.0 Å². The first-order valence-corrected chi connectivity index (χ1v) is 8.09. The molecular weight excluding hydrogens is 315 g/mol. The first-order valence-electron chi connectivity index (χ1n) is 8.09. The van der Waals surface area contributed by atoms with Gasteiger partial charge < -0.3 is 20.5 Å². The molecule has 2 rings (SSSR count). The third-order valence-electron chi connectivity index (χ3n) is 4.11. The molecule has 24 heavy (non-hydrogen) atoms. The summed E-state index contributed by atoms with van der Waals surface area (Å²) < 4.78 is 18.8. The van der Waals surface area contributed by atoms with Gasteiger partial charge in [-0.2, -0.15) is 0 Å². The number of hydrogen-bond acceptors (Lipinski definition) is 3. The second-order valence-electron chi connectivity index (χ2n) is 6.08. The highest BCUT2D eigenvalue weighted by Gasteiger charge is 2.34. The molecule has 0 atom stereocenters. The zero-order chi connectivity index (χ0) is 17.4. The van der Waals surface area contributed by atoms with E-state index in [4.69, 9.17) is 9.84 Å². The molecule has 0 radical (unpaired) electrons. The van der Waals surface area contributed by atoms with E-state index in [-0.39, 0.29) is 18.3 Å². The van der Waals surface area contributed by atoms with Crippen molar-refractivity contribution >= 4 is 12.0 Å². The lowest BCUT2D eigenvalue weighted by atomic mass is 9.83. The fourth-order valence-corrected chi connectivity index (χ4v) is 2.87. The lowest BCUT2D eigenvalue weighted by Gasteiger charge is -2.38. The molecule has 0 spiro atoms. The quantitative estimate of drug-likeness (QED) is 0.664. The van der Waals surface area contributed by atoms with Gasteiger partial charge in [-0.05, 0) is 43.4 Å². The van der Waals surface area contributed by atoms with Gasteiger partial charge in [-0.15, -0.1) is 0 Å². The number of rotatable bonds is 7. The Balaban J connectivity index is 1.94. The Hall–Kier alpha value is -2.15. The van der Waals surface area contributed by atoms with Crippen LogP contribution in [0.25, 0.3) is 0 Å². The summed E-state index contributed by atoms with van der Waals surface area (Å²) >= 11 is 0. The summed E-state index contributed by atoms with van der Waals surface area (Å²) in [5, 5.41) is 14.3. The number of halogens is 1. The summed E-state index contributed by atoms with van der Waals surface area (Å²) in [5.74, 6) is -1.18. The molecule has 0 aliphatic carbocycles. The number of carbonyl (C=O) groups excluding carboxylic acids is 1. The third-order valence-corrected chi connectivity index (χ3v) is 4.11. The van der Waals surface area contributed by atoms with Crippen LogP contribution < -0.4 is 10.6 Å². The van der Waals surface area contributed by atoms with Crippen molar-refractivity contribution in [1.82, 2.24) is 10.6 Å². The number of nitrogens with one attached hydrogen (secondary N) is 2. The molecule has 0 unspecified atom stereocenters. The predicted octanol–water partition coefficient (Wildman–Crippen LogP) is 2.08. The highest BCUT2D eigenvalue weighted by Crippen LogP contribution is 2.25. The molecule has 132 valence electrons. The maximum Gasteiger partial charge on any atom is 0.315 e. The van der Waals surface area contributed by atoms with Gasteiger partial charge in [0, 0.05) is 26.2 Å². The molecule has 1 aromatic rings. The molecule has 1 aliphatic rings. The number of carbonyl (C=O) groups is 2. The summed E-state index contributed by atoms with van der Waals surface area (Å²) in [6.07, 6.45) is 2.21. The number of hydrogen-bond donors (Lipinski definition) is 3. The molecule has 6 nitrogen and oxygen atoms in total. The first-order chi connectivity index (χ1) is 11.5. The van der Waals surface area contributed by atoms with Gasteiger partial charge in [0.05, 0.1) is 5.54 Å². The van der Waals surface area contributed by atoms with Gasteiger partial charge in [-0.1, -0.05) is 12.1 Å².